The van der Waals surface area contributed by atoms with Crippen molar-refractivity contribution in [1.29, 1.82) is 0 Å². The third-order valence-electron chi connectivity index (χ3n) is 4.04. The van der Waals surface area contributed by atoms with Crippen LogP contribution in [0.5, 0.6) is 0 Å². The van der Waals surface area contributed by atoms with Gasteiger partial charge in [-0.15, -0.1) is 0 Å². The Morgan fingerprint density at radius 1 is 1.22 bits per heavy atom. The fourth-order valence-corrected chi connectivity index (χ4v) is 2.77. The molecule has 1 aromatic rings. The Hall–Kier alpha value is -1.59. The Kier molecular flexibility index (Phi) is 6.86. The molecule has 23 heavy (non-hydrogen) atoms. The van der Waals surface area contributed by atoms with Gasteiger partial charge in [0.2, 0.25) is 0 Å². The minimum atomic E-state index is -0.0930. The van der Waals surface area contributed by atoms with Gasteiger partial charge in [0.05, 0.1) is 19.3 Å². The first-order valence-corrected chi connectivity index (χ1v) is 8.46. The summed E-state index contributed by atoms with van der Waals surface area (Å²) in [5.41, 5.74) is 2.49. The first kappa shape index (κ1) is 17.8. The topological polar surface area (TPSA) is 53.6 Å². The molecule has 1 fully saturated rings. The normalized spacial score (nSPS) is 17.0. The van der Waals surface area contributed by atoms with Gasteiger partial charge in [0, 0.05) is 26.2 Å². The second-order valence-electron chi connectivity index (χ2n) is 6.56. The molecule has 1 heterocycles. The number of benzene rings is 1. The van der Waals surface area contributed by atoms with E-state index in [9.17, 15) is 4.79 Å². The van der Waals surface area contributed by atoms with Crippen molar-refractivity contribution in [2.24, 2.45) is 5.92 Å². The lowest BCUT2D eigenvalue weighted by molar-refractivity contribution is 0.0167. The van der Waals surface area contributed by atoms with E-state index in [1.54, 1.807) is 0 Å². The van der Waals surface area contributed by atoms with Crippen molar-refractivity contribution in [2.45, 2.75) is 26.8 Å². The van der Waals surface area contributed by atoms with Crippen molar-refractivity contribution in [3.63, 3.8) is 0 Å². The van der Waals surface area contributed by atoms with Gasteiger partial charge in [-0.25, -0.2) is 4.79 Å². The van der Waals surface area contributed by atoms with Crippen LogP contribution in [0.1, 0.15) is 31.0 Å². The third-order valence-corrected chi connectivity index (χ3v) is 4.04. The predicted octanol–water partition coefficient (Wildman–Crippen LogP) is 2.32. The highest BCUT2D eigenvalue weighted by Crippen LogP contribution is 2.22. The molecule has 1 aliphatic heterocycles. The number of carbonyl (C=O) groups excluding carboxylic acids is 1. The number of amides is 2. The highest BCUT2D eigenvalue weighted by molar-refractivity contribution is 5.73. The van der Waals surface area contributed by atoms with E-state index in [-0.39, 0.29) is 12.1 Å². The lowest BCUT2D eigenvalue weighted by Crippen LogP contribution is -2.46. The molecule has 0 spiro atoms. The molecule has 5 heteroatoms. The van der Waals surface area contributed by atoms with Crippen LogP contribution in [0, 0.1) is 12.8 Å². The largest absolute Gasteiger partial charge is 0.379 e. The summed E-state index contributed by atoms with van der Waals surface area (Å²) < 4.78 is 5.46. The molecule has 2 N–H and O–H groups in total. The van der Waals surface area contributed by atoms with Crippen LogP contribution >= 0.6 is 0 Å². The number of hydrogen-bond acceptors (Lipinski definition) is 3. The first-order valence-electron chi connectivity index (χ1n) is 8.46. The van der Waals surface area contributed by atoms with Gasteiger partial charge in [-0.2, -0.15) is 0 Å². The zero-order chi connectivity index (χ0) is 16.7. The summed E-state index contributed by atoms with van der Waals surface area (Å²) in [6.45, 7) is 10.9. The average Bonchev–Trinajstić information content (AvgIpc) is 2.54. The first-order chi connectivity index (χ1) is 11.1. The summed E-state index contributed by atoms with van der Waals surface area (Å²) in [5.74, 6) is 0.451. The molecule has 1 unspecified atom stereocenters. The zero-order valence-electron chi connectivity index (χ0n) is 14.5. The molecule has 0 aromatic heterocycles. The van der Waals surface area contributed by atoms with Gasteiger partial charge in [0.25, 0.3) is 0 Å². The van der Waals surface area contributed by atoms with Crippen molar-refractivity contribution in [2.75, 3.05) is 39.4 Å². The Morgan fingerprint density at radius 3 is 2.57 bits per heavy atom. The van der Waals surface area contributed by atoms with Gasteiger partial charge in [-0.1, -0.05) is 43.7 Å². The van der Waals surface area contributed by atoms with Crippen LogP contribution in [0.4, 0.5) is 4.79 Å². The maximum absolute atomic E-state index is 12.0. The van der Waals surface area contributed by atoms with Crippen molar-refractivity contribution in [1.82, 2.24) is 15.5 Å². The molecular formula is C18H29N3O2. The monoisotopic (exact) mass is 319 g/mol. The van der Waals surface area contributed by atoms with Crippen molar-refractivity contribution >= 4 is 6.03 Å². The maximum atomic E-state index is 12.0. The number of hydrogen-bond donors (Lipinski definition) is 2. The smallest absolute Gasteiger partial charge is 0.314 e. The number of nitrogens with one attached hydrogen (secondary N) is 2. The molecular weight excluding hydrogens is 290 g/mol. The Labute approximate surface area is 139 Å². The van der Waals surface area contributed by atoms with Crippen LogP contribution in [0.2, 0.25) is 0 Å². The van der Waals surface area contributed by atoms with E-state index in [1.807, 2.05) is 0 Å². The predicted molar refractivity (Wildman–Crippen MR) is 92.6 cm³/mol. The molecule has 128 valence electrons. The number of carbonyl (C=O) groups is 1. The van der Waals surface area contributed by atoms with Crippen LogP contribution in [-0.2, 0) is 4.74 Å². The third kappa shape index (κ3) is 5.84. The molecule has 0 aliphatic carbocycles. The summed E-state index contributed by atoms with van der Waals surface area (Å²) in [5, 5.41) is 5.93. The standard InChI is InChI=1S/C18H29N3O2/c1-14(2)12-19-18(22)20-13-17(21-7-9-23-10-8-21)16-6-4-5-15(3)11-16/h4-6,11,14,17H,7-10,12-13H2,1-3H3,(H2,19,20,22). The highest BCUT2D eigenvalue weighted by atomic mass is 16.5. The lowest BCUT2D eigenvalue weighted by atomic mass is 10.0. The van der Waals surface area contributed by atoms with E-state index in [0.717, 1.165) is 26.3 Å². The number of morpholine rings is 1. The second-order valence-corrected chi connectivity index (χ2v) is 6.56. The van der Waals surface area contributed by atoms with Crippen LogP contribution in [0.3, 0.4) is 0 Å². The lowest BCUT2D eigenvalue weighted by Gasteiger charge is -2.35. The molecule has 2 rings (SSSR count). The summed E-state index contributed by atoms with van der Waals surface area (Å²) in [4.78, 5) is 14.4. The summed E-state index contributed by atoms with van der Waals surface area (Å²) in [6, 6.07) is 8.61. The highest BCUT2D eigenvalue weighted by Gasteiger charge is 2.23. The van der Waals surface area contributed by atoms with E-state index in [4.69, 9.17) is 4.74 Å². The van der Waals surface area contributed by atoms with Crippen molar-refractivity contribution < 1.29 is 9.53 Å². The van der Waals surface area contributed by atoms with Gasteiger partial charge < -0.3 is 15.4 Å². The molecule has 1 aliphatic rings. The molecule has 0 radical (unpaired) electrons. The van der Waals surface area contributed by atoms with E-state index in [0.29, 0.717) is 19.0 Å². The number of aryl methyl sites for hydroxylation is 1. The summed E-state index contributed by atoms with van der Waals surface area (Å²) >= 11 is 0. The van der Waals surface area contributed by atoms with Crippen LogP contribution in [-0.4, -0.2) is 50.3 Å². The molecule has 0 saturated carbocycles. The average molecular weight is 319 g/mol. The van der Waals surface area contributed by atoms with Crippen LogP contribution in [0.25, 0.3) is 0 Å². The van der Waals surface area contributed by atoms with Gasteiger partial charge >= 0.3 is 6.03 Å². The number of urea groups is 1. The fraction of sp³-hybridized carbons (Fsp3) is 0.611. The summed E-state index contributed by atoms with van der Waals surface area (Å²) in [7, 11) is 0. The van der Waals surface area contributed by atoms with Gasteiger partial charge in [-0.05, 0) is 18.4 Å². The fourth-order valence-electron chi connectivity index (χ4n) is 2.77. The zero-order valence-corrected chi connectivity index (χ0v) is 14.5. The molecule has 5 nitrogen and oxygen atoms in total. The Balaban J connectivity index is 2.00. The second kappa shape index (κ2) is 8.89. The minimum Gasteiger partial charge on any atom is -0.379 e. The molecule has 0 bridgehead atoms. The van der Waals surface area contributed by atoms with Crippen LogP contribution < -0.4 is 10.6 Å². The SMILES string of the molecule is Cc1cccc(C(CNC(=O)NCC(C)C)N2CCOCC2)c1. The van der Waals surface area contributed by atoms with Crippen molar-refractivity contribution in [3.8, 4) is 0 Å². The molecule has 1 saturated heterocycles. The Morgan fingerprint density at radius 2 is 1.91 bits per heavy atom. The molecule has 2 amide bonds. The molecule has 1 atom stereocenters. The number of nitrogens with zero attached hydrogens (tertiary/aromatic N) is 1. The van der Waals surface area contributed by atoms with E-state index in [2.05, 4.69) is 60.6 Å². The minimum absolute atomic E-state index is 0.0930. The quantitative estimate of drug-likeness (QED) is 0.846. The van der Waals surface area contributed by atoms with Gasteiger partial charge in [0.1, 0.15) is 0 Å². The van der Waals surface area contributed by atoms with Gasteiger partial charge in [-0.3, -0.25) is 4.90 Å². The Bertz CT molecular complexity index is 499. The van der Waals surface area contributed by atoms with Gasteiger partial charge in [0.15, 0.2) is 0 Å². The number of ether oxygens (including phenoxy) is 1. The van der Waals surface area contributed by atoms with Crippen molar-refractivity contribution in [3.05, 3.63) is 35.4 Å². The van der Waals surface area contributed by atoms with E-state index in [1.165, 1.54) is 11.1 Å². The van der Waals surface area contributed by atoms with E-state index >= 15 is 0 Å². The van der Waals surface area contributed by atoms with E-state index < -0.39 is 0 Å². The number of rotatable bonds is 6. The maximum Gasteiger partial charge on any atom is 0.314 e. The summed E-state index contributed by atoms with van der Waals surface area (Å²) in [6.07, 6.45) is 0. The van der Waals surface area contributed by atoms with Crippen LogP contribution in [0.15, 0.2) is 24.3 Å². The molecule has 1 aromatic carbocycles.